The summed E-state index contributed by atoms with van der Waals surface area (Å²) in [5.41, 5.74) is 2.04. The number of pyridine rings is 1. The molecule has 0 saturated carbocycles. The van der Waals surface area contributed by atoms with Gasteiger partial charge in [-0.15, -0.1) is 35.9 Å². The summed E-state index contributed by atoms with van der Waals surface area (Å²) in [4.78, 5) is 14.5. The molecular formula is C21H21IrNO2-2. The van der Waals surface area contributed by atoms with E-state index in [1.165, 1.54) is 30.7 Å². The molecular weight excluding hydrogens is 490 g/mol. The van der Waals surface area contributed by atoms with Crippen molar-refractivity contribution in [3.05, 3.63) is 86.1 Å². The predicted molar refractivity (Wildman–Crippen MR) is 99.5 cm³/mol. The Morgan fingerprint density at radius 1 is 1.08 bits per heavy atom. The molecule has 0 atom stereocenters. The van der Waals surface area contributed by atoms with E-state index in [1.54, 1.807) is 0 Å². The summed E-state index contributed by atoms with van der Waals surface area (Å²) in [6.45, 7) is 2.85. The molecule has 3 rings (SSSR count). The molecule has 1 heterocycles. The van der Waals surface area contributed by atoms with Crippen LogP contribution in [0, 0.1) is 13.5 Å². The minimum absolute atomic E-state index is 0. The molecule has 0 aliphatic carbocycles. The predicted octanol–water partition coefficient (Wildman–Crippen LogP) is 5.19. The number of allylic oxidation sites excluding steroid dienone is 2. The zero-order valence-electron chi connectivity index (χ0n) is 14.5. The van der Waals surface area contributed by atoms with Crippen LogP contribution in [0.15, 0.2) is 72.6 Å². The fraction of sp³-hybridized carbons (Fsp3) is 0.0952. The van der Waals surface area contributed by atoms with Crippen LogP contribution in [-0.4, -0.2) is 15.9 Å². The van der Waals surface area contributed by atoms with Gasteiger partial charge in [-0.3, -0.25) is 4.79 Å². The van der Waals surface area contributed by atoms with Crippen LogP contribution < -0.4 is 0 Å². The van der Waals surface area contributed by atoms with E-state index in [9.17, 15) is 4.79 Å². The number of hydrogen-bond acceptors (Lipinski definition) is 3. The first kappa shape index (κ1) is 22.7. The third-order valence-corrected chi connectivity index (χ3v) is 3.05. The molecule has 133 valence electrons. The van der Waals surface area contributed by atoms with Gasteiger partial charge in [0.1, 0.15) is 0 Å². The van der Waals surface area contributed by atoms with Crippen molar-refractivity contribution in [3.8, 4) is 11.3 Å². The molecule has 0 bridgehead atoms. The van der Waals surface area contributed by atoms with Crippen molar-refractivity contribution in [2.75, 3.05) is 0 Å². The molecule has 0 aliphatic rings. The van der Waals surface area contributed by atoms with Crippen LogP contribution >= 0.6 is 0 Å². The van der Waals surface area contributed by atoms with Crippen LogP contribution in [0.5, 0.6) is 0 Å². The van der Waals surface area contributed by atoms with E-state index in [0.29, 0.717) is 0 Å². The van der Waals surface area contributed by atoms with E-state index in [-0.39, 0.29) is 39.1 Å². The third-order valence-electron chi connectivity index (χ3n) is 3.05. The Balaban J connectivity index is 0.000000560. The number of aliphatic hydroxyl groups is 1. The largest absolute Gasteiger partial charge is 0.512 e. The molecule has 1 aromatic heterocycles. The molecule has 3 nitrogen and oxygen atoms in total. The molecule has 1 N–H and O–H groups in total. The standard InChI is InChI=1S/C15H10N.C5H8O2.CH3.Ir/c1-2-7-13(8-3-1)15-14-9-5-4-6-12(14)10-11-16-15;1-4(6)3-5(2)7;;/h1-7,9-11H;3,6H,1-2H3;1H3;/q-1;;-1;/b;4-3-;;. The quantitative estimate of drug-likeness (QED) is 0.293. The summed E-state index contributed by atoms with van der Waals surface area (Å²) < 4.78 is 0. The number of ketones is 1. The van der Waals surface area contributed by atoms with Gasteiger partial charge >= 0.3 is 0 Å². The number of hydrogen-bond donors (Lipinski definition) is 1. The maximum atomic E-state index is 10.0. The maximum Gasteiger partial charge on any atom is 0.155 e. The van der Waals surface area contributed by atoms with Gasteiger partial charge in [0.05, 0.1) is 5.76 Å². The Bertz CT molecular complexity index is 820. The Kier molecular flexibility index (Phi) is 10.3. The van der Waals surface area contributed by atoms with Gasteiger partial charge in [-0.2, -0.15) is 0 Å². The van der Waals surface area contributed by atoms with Crippen LogP contribution in [0.2, 0.25) is 0 Å². The zero-order valence-corrected chi connectivity index (χ0v) is 16.9. The van der Waals surface area contributed by atoms with Gasteiger partial charge in [0.2, 0.25) is 0 Å². The molecule has 2 aromatic carbocycles. The summed E-state index contributed by atoms with van der Waals surface area (Å²) in [5, 5.41) is 10.7. The molecule has 0 spiro atoms. The van der Waals surface area contributed by atoms with Crippen LogP contribution in [0.25, 0.3) is 22.0 Å². The van der Waals surface area contributed by atoms with Crippen molar-refractivity contribution in [1.82, 2.24) is 4.98 Å². The van der Waals surface area contributed by atoms with Crippen molar-refractivity contribution in [2.24, 2.45) is 0 Å². The number of fused-ring (bicyclic) bond motifs is 1. The van der Waals surface area contributed by atoms with Gasteiger partial charge in [-0.1, -0.05) is 24.3 Å². The second-order valence-corrected chi connectivity index (χ2v) is 5.05. The molecule has 0 aliphatic heterocycles. The van der Waals surface area contributed by atoms with Gasteiger partial charge < -0.3 is 17.5 Å². The topological polar surface area (TPSA) is 50.2 Å². The number of benzene rings is 2. The van der Waals surface area contributed by atoms with Crippen LogP contribution in [-0.2, 0) is 24.9 Å². The van der Waals surface area contributed by atoms with Crippen molar-refractivity contribution in [3.63, 3.8) is 0 Å². The minimum atomic E-state index is -0.125. The second kappa shape index (κ2) is 11.3. The van der Waals surface area contributed by atoms with Gasteiger partial charge in [0, 0.05) is 32.4 Å². The number of nitrogens with zero attached hydrogens (tertiary/aromatic N) is 1. The Morgan fingerprint density at radius 3 is 2.32 bits per heavy atom. The third kappa shape index (κ3) is 7.00. The first-order chi connectivity index (χ1) is 11.1. The van der Waals surface area contributed by atoms with Crippen LogP contribution in [0.4, 0.5) is 0 Å². The minimum Gasteiger partial charge on any atom is -0.512 e. The fourth-order valence-corrected chi connectivity index (χ4v) is 2.17. The number of carbonyl (C=O) groups excluding carboxylic acids is 1. The Hall–Kier alpha value is -2.29. The smallest absolute Gasteiger partial charge is 0.155 e. The normalized spacial score (nSPS) is 9.92. The Morgan fingerprint density at radius 2 is 1.76 bits per heavy atom. The second-order valence-electron chi connectivity index (χ2n) is 5.05. The van der Waals surface area contributed by atoms with Crippen molar-refractivity contribution >= 4 is 16.6 Å². The van der Waals surface area contributed by atoms with Gasteiger partial charge in [0.25, 0.3) is 0 Å². The summed E-state index contributed by atoms with van der Waals surface area (Å²) in [5.74, 6) is -0.0625. The van der Waals surface area contributed by atoms with E-state index in [0.717, 1.165) is 11.3 Å². The first-order valence-electron chi connectivity index (χ1n) is 7.26. The molecule has 4 heteroatoms. The van der Waals surface area contributed by atoms with E-state index < -0.39 is 0 Å². The van der Waals surface area contributed by atoms with E-state index >= 15 is 0 Å². The number of carbonyl (C=O) groups is 1. The SMILES string of the molecule is CC(=O)/C=C(/C)O.[CH3-].[Ir].[c-]1ccccc1-c1nccc2ccccc12. The molecule has 25 heavy (non-hydrogen) atoms. The number of rotatable bonds is 2. The monoisotopic (exact) mass is 512 g/mol. The summed E-state index contributed by atoms with van der Waals surface area (Å²) >= 11 is 0. The average Bonchev–Trinajstić information content (AvgIpc) is 2.54. The van der Waals surface area contributed by atoms with E-state index in [1.807, 2.05) is 48.7 Å². The van der Waals surface area contributed by atoms with E-state index in [4.69, 9.17) is 5.11 Å². The number of aliphatic hydroxyl groups excluding tert-OH is 1. The number of aromatic nitrogens is 1. The summed E-state index contributed by atoms with van der Waals surface area (Å²) in [7, 11) is 0. The zero-order chi connectivity index (χ0) is 16.7. The van der Waals surface area contributed by atoms with Crippen molar-refractivity contribution in [1.29, 1.82) is 0 Å². The summed E-state index contributed by atoms with van der Waals surface area (Å²) in [6, 6.07) is 21.4. The molecule has 0 unspecified atom stereocenters. The van der Waals surface area contributed by atoms with Gasteiger partial charge in [-0.05, 0) is 36.4 Å². The molecule has 3 aromatic rings. The first-order valence-corrected chi connectivity index (χ1v) is 7.26. The fourth-order valence-electron chi connectivity index (χ4n) is 2.17. The van der Waals surface area contributed by atoms with Crippen LogP contribution in [0.1, 0.15) is 13.8 Å². The maximum absolute atomic E-state index is 10.0. The van der Waals surface area contributed by atoms with E-state index in [2.05, 4.69) is 23.2 Å². The van der Waals surface area contributed by atoms with Crippen molar-refractivity contribution in [2.45, 2.75) is 13.8 Å². The Labute approximate surface area is 162 Å². The summed E-state index contributed by atoms with van der Waals surface area (Å²) in [6.07, 6.45) is 3.01. The molecule has 1 radical (unpaired) electrons. The van der Waals surface area contributed by atoms with Gasteiger partial charge in [0.15, 0.2) is 5.78 Å². The average molecular weight is 512 g/mol. The van der Waals surface area contributed by atoms with Crippen molar-refractivity contribution < 1.29 is 30.0 Å². The van der Waals surface area contributed by atoms with Crippen LogP contribution in [0.3, 0.4) is 0 Å². The molecule has 0 saturated heterocycles. The van der Waals surface area contributed by atoms with Gasteiger partial charge in [-0.25, -0.2) is 0 Å². The molecule has 0 amide bonds. The molecule has 0 fully saturated rings.